The molecule has 3 aliphatic heterocycles. The minimum Gasteiger partial charge on any atom is -0.401 e. The fraction of sp³-hybridized carbons (Fsp3) is 0.478. The third kappa shape index (κ3) is 13.2. The van der Waals surface area contributed by atoms with Gasteiger partial charge in [-0.1, -0.05) is 81.4 Å². The molecule has 0 radical (unpaired) electrons. The largest absolute Gasteiger partial charge is 0.401 e. The molecule has 0 aliphatic carbocycles. The number of H-pyrrole nitrogens is 2. The second-order valence-corrected chi connectivity index (χ2v) is 28.9. The van der Waals surface area contributed by atoms with Crippen molar-refractivity contribution in [2.24, 2.45) is 0 Å². The van der Waals surface area contributed by atoms with Gasteiger partial charge in [0.25, 0.3) is 19.4 Å². The molecular formula is C46H64N4O11P2Si. The molecule has 0 saturated carbocycles. The van der Waals surface area contributed by atoms with Crippen LogP contribution in [0.4, 0.5) is 0 Å². The number of aromatic nitrogens is 4. The highest BCUT2D eigenvalue weighted by Crippen LogP contribution is 2.43. The number of aromatic amines is 2. The van der Waals surface area contributed by atoms with Crippen LogP contribution in [0.15, 0.2) is 116 Å². The number of aliphatic hydroxyl groups excluding tert-OH is 1. The van der Waals surface area contributed by atoms with E-state index in [0.717, 1.165) is 23.6 Å². The molecule has 5 heterocycles. The van der Waals surface area contributed by atoms with Crippen LogP contribution in [0.25, 0.3) is 0 Å². The standard InChI is InChI=1S/C29H37N2O5PSi.C13H19N2O5P.C4H8O/c1-21-20-31(28(33)30-27(21)32)26-19-25(24(35-26)17-18-37(5,6)34)36-38(29(2,3)4,22-13-9-7-10-14-22)23-15-11-8-12-16-23;1-8-7-15(13(18)14-12(8)17)11-6-9(16)10(20-11)4-5-21(2,3)19;1-2-4-5-3-1/h7-18,20,24-26H,19H2,1-6H3,(H,30,32,33);4-5,7,9-11,16H,6H2,1-3H3,(H,14,17,18);1-4H2/b18-17+;5-4+;/t24-,25-,26-;9-,10-,11-;/m11./s1. The molecule has 348 valence electrons. The maximum atomic E-state index is 12.7. The van der Waals surface area contributed by atoms with Crippen molar-refractivity contribution >= 4 is 33.0 Å². The Hall–Kier alpha value is -4.24. The van der Waals surface area contributed by atoms with Gasteiger partial charge in [-0.3, -0.25) is 28.7 Å². The van der Waals surface area contributed by atoms with Crippen LogP contribution in [0.5, 0.6) is 0 Å². The van der Waals surface area contributed by atoms with E-state index in [1.165, 1.54) is 40.2 Å². The number of nitrogens with one attached hydrogen (secondary N) is 2. The summed E-state index contributed by atoms with van der Waals surface area (Å²) in [6.45, 7) is 18.5. The van der Waals surface area contributed by atoms with Crippen molar-refractivity contribution in [2.75, 3.05) is 39.9 Å². The first kappa shape index (κ1) is 50.8. The summed E-state index contributed by atoms with van der Waals surface area (Å²) in [5, 5.41) is 12.0. The zero-order chi connectivity index (χ0) is 47.0. The summed E-state index contributed by atoms with van der Waals surface area (Å²) in [7, 11) is -7.75. The van der Waals surface area contributed by atoms with Crippen LogP contribution < -0.4 is 32.9 Å². The molecule has 64 heavy (non-hydrogen) atoms. The highest BCUT2D eigenvalue weighted by atomic mass is 31.2. The van der Waals surface area contributed by atoms with Crippen LogP contribution in [0.1, 0.15) is 70.0 Å². The Kier molecular flexibility index (Phi) is 17.0. The smallest absolute Gasteiger partial charge is 0.330 e. The van der Waals surface area contributed by atoms with E-state index in [0.29, 0.717) is 17.5 Å². The molecule has 0 amide bonds. The quantitative estimate of drug-likeness (QED) is 0.131. The first-order valence-corrected chi connectivity index (χ1v) is 28.7. The first-order chi connectivity index (χ1) is 30.0. The number of aryl methyl sites for hydroxylation is 2. The van der Waals surface area contributed by atoms with E-state index in [-0.39, 0.29) is 11.5 Å². The molecule has 2 aromatic heterocycles. The summed E-state index contributed by atoms with van der Waals surface area (Å²) >= 11 is 0. The number of benzene rings is 2. The highest BCUT2D eigenvalue weighted by molar-refractivity contribution is 7.65. The normalized spacial score (nSPS) is 22.9. The Morgan fingerprint density at radius 3 is 1.53 bits per heavy atom. The van der Waals surface area contributed by atoms with Crippen LogP contribution in [-0.2, 0) is 27.8 Å². The van der Waals surface area contributed by atoms with Crippen molar-refractivity contribution in [3.05, 3.63) is 150 Å². The average molecular weight is 939 g/mol. The molecule has 2 aromatic carbocycles. The fourth-order valence-electron chi connectivity index (χ4n) is 7.76. The third-order valence-corrected chi connectivity index (χ3v) is 17.8. The molecule has 18 heteroatoms. The van der Waals surface area contributed by atoms with Gasteiger partial charge in [0.2, 0.25) is 0 Å². The van der Waals surface area contributed by atoms with E-state index in [2.05, 4.69) is 55.0 Å². The lowest BCUT2D eigenvalue weighted by Crippen LogP contribution is -2.68. The fourth-order valence-corrected chi connectivity index (χ4v) is 13.6. The maximum Gasteiger partial charge on any atom is 0.330 e. The summed E-state index contributed by atoms with van der Waals surface area (Å²) in [6, 6.07) is 20.7. The molecule has 6 atom stereocenters. The van der Waals surface area contributed by atoms with Gasteiger partial charge in [-0.2, -0.15) is 0 Å². The molecule has 3 saturated heterocycles. The number of hydrogen-bond donors (Lipinski definition) is 3. The molecule has 7 rings (SSSR count). The van der Waals surface area contributed by atoms with Gasteiger partial charge in [-0.05, 0) is 92.5 Å². The molecule has 0 bridgehead atoms. The lowest BCUT2D eigenvalue weighted by Gasteiger charge is -2.45. The van der Waals surface area contributed by atoms with Crippen molar-refractivity contribution in [2.45, 2.75) is 102 Å². The molecule has 3 aliphatic rings. The zero-order valence-electron chi connectivity index (χ0n) is 38.3. The predicted octanol–water partition coefficient (Wildman–Crippen LogP) is 5.64. The van der Waals surface area contributed by atoms with E-state index in [9.17, 15) is 33.4 Å². The summed E-state index contributed by atoms with van der Waals surface area (Å²) < 4.78 is 51.2. The molecule has 0 spiro atoms. The van der Waals surface area contributed by atoms with Gasteiger partial charge in [0, 0.05) is 49.6 Å². The van der Waals surface area contributed by atoms with E-state index >= 15 is 0 Å². The van der Waals surface area contributed by atoms with Gasteiger partial charge in [0.1, 0.15) is 38.9 Å². The third-order valence-electron chi connectivity index (χ3n) is 11.0. The van der Waals surface area contributed by atoms with Gasteiger partial charge >= 0.3 is 11.4 Å². The van der Waals surface area contributed by atoms with Gasteiger partial charge < -0.3 is 32.9 Å². The lowest BCUT2D eigenvalue weighted by molar-refractivity contribution is 0.00480. The monoisotopic (exact) mass is 938 g/mol. The van der Waals surface area contributed by atoms with Crippen molar-refractivity contribution in [3.8, 4) is 0 Å². The van der Waals surface area contributed by atoms with E-state index < -0.39 is 82.0 Å². The summed E-state index contributed by atoms with van der Waals surface area (Å²) in [4.78, 5) is 52.4. The number of ether oxygens (including phenoxy) is 3. The van der Waals surface area contributed by atoms with Crippen molar-refractivity contribution in [1.29, 1.82) is 0 Å². The molecule has 3 N–H and O–H groups in total. The van der Waals surface area contributed by atoms with E-state index in [1.54, 1.807) is 52.4 Å². The molecule has 0 unspecified atom stereocenters. The average Bonchev–Trinajstić information content (AvgIpc) is 4.01. The second kappa shape index (κ2) is 21.4. The SMILES string of the molecule is C1CCOC1.Cc1cn([C@H]2C[C@@H](O)[C@@H](/C=C/P(C)(C)=O)O2)c(=O)[nH]c1=O.Cc1cn([C@H]2C[C@@H](O[Si](c3ccccc3)(c3ccccc3)C(C)(C)C)[C@@H](/C=C/P(C)(C)=O)O2)c(=O)[nH]c1=O. The Labute approximate surface area is 375 Å². The first-order valence-electron chi connectivity index (χ1n) is 21.5. The molecule has 15 nitrogen and oxygen atoms in total. The number of aliphatic hydroxyl groups is 1. The van der Waals surface area contributed by atoms with Gasteiger partial charge in [-0.25, -0.2) is 9.59 Å². The van der Waals surface area contributed by atoms with Crippen LogP contribution in [0.3, 0.4) is 0 Å². The van der Waals surface area contributed by atoms with Crippen LogP contribution in [0.2, 0.25) is 5.04 Å². The van der Waals surface area contributed by atoms with Gasteiger partial charge in [0.15, 0.2) is 0 Å². The topological polar surface area (TPSA) is 201 Å². The van der Waals surface area contributed by atoms with Gasteiger partial charge in [-0.15, -0.1) is 0 Å². The molecule has 3 fully saturated rings. The highest BCUT2D eigenvalue weighted by Gasteiger charge is 2.53. The maximum absolute atomic E-state index is 12.7. The number of hydrogen-bond acceptors (Lipinski definition) is 11. The van der Waals surface area contributed by atoms with Crippen molar-refractivity contribution in [3.63, 3.8) is 0 Å². The predicted molar refractivity (Wildman–Crippen MR) is 255 cm³/mol. The van der Waals surface area contributed by atoms with E-state index in [1.807, 2.05) is 42.5 Å². The summed E-state index contributed by atoms with van der Waals surface area (Å²) in [5.41, 5.74) is -1.16. The number of nitrogens with zero attached hydrogens (tertiary/aromatic N) is 2. The van der Waals surface area contributed by atoms with Crippen molar-refractivity contribution in [1.82, 2.24) is 19.1 Å². The summed E-state index contributed by atoms with van der Waals surface area (Å²) in [5.74, 6) is 3.23. The lowest BCUT2D eigenvalue weighted by atomic mass is 10.2. The van der Waals surface area contributed by atoms with Crippen LogP contribution >= 0.6 is 14.3 Å². The van der Waals surface area contributed by atoms with Crippen molar-refractivity contribution < 1.29 is 32.9 Å². The Balaban J connectivity index is 0.000000246. The van der Waals surface area contributed by atoms with E-state index in [4.69, 9.17) is 18.6 Å². The second-order valence-electron chi connectivity index (χ2n) is 18.3. The van der Waals surface area contributed by atoms with Crippen LogP contribution in [-0.4, -0.2) is 96.8 Å². The minimum absolute atomic E-state index is 0.220. The Morgan fingerprint density at radius 2 is 1.12 bits per heavy atom. The molecule has 4 aromatic rings. The summed E-state index contributed by atoms with van der Waals surface area (Å²) in [6.07, 6.45) is 5.80. The Bertz CT molecular complexity index is 2540. The molecular weight excluding hydrogens is 875 g/mol. The number of rotatable bonds is 10. The van der Waals surface area contributed by atoms with Crippen LogP contribution in [0, 0.1) is 13.8 Å². The zero-order valence-corrected chi connectivity index (χ0v) is 41.1. The Morgan fingerprint density at radius 1 is 0.703 bits per heavy atom. The van der Waals surface area contributed by atoms with Gasteiger partial charge in [0.05, 0.1) is 12.2 Å². The minimum atomic E-state index is -2.92.